The molecule has 0 spiro atoms. The summed E-state index contributed by atoms with van der Waals surface area (Å²) in [6.07, 6.45) is 10.3. The Morgan fingerprint density at radius 3 is 2.17 bits per heavy atom. The third-order valence-corrected chi connectivity index (χ3v) is 5.71. The molecule has 4 bridgehead atoms. The van der Waals surface area contributed by atoms with Gasteiger partial charge >= 0.3 is 0 Å². The second-order valence-electron chi connectivity index (χ2n) is 7.22. The lowest BCUT2D eigenvalue weighted by Crippen LogP contribution is -2.52. The molecule has 0 heterocycles. The van der Waals surface area contributed by atoms with Crippen LogP contribution >= 0.6 is 0 Å². The molecule has 1 N–H and O–H groups in total. The lowest BCUT2D eigenvalue weighted by Gasteiger charge is -2.58. The highest BCUT2D eigenvalue weighted by molar-refractivity contribution is 5.04. The minimum Gasteiger partial charge on any atom is -0.390 e. The largest absolute Gasteiger partial charge is 0.390 e. The fraction of sp³-hybridized carbons (Fsp3) is 1.00. The topological polar surface area (TPSA) is 29.5 Å². The molecule has 1 unspecified atom stereocenters. The van der Waals surface area contributed by atoms with Gasteiger partial charge in [0.1, 0.15) is 0 Å². The molecule has 0 radical (unpaired) electrons. The van der Waals surface area contributed by atoms with Gasteiger partial charge in [-0.25, -0.2) is 0 Å². The first kappa shape index (κ1) is 12.9. The highest BCUT2D eigenvalue weighted by Crippen LogP contribution is 2.61. The molecule has 1 atom stereocenters. The van der Waals surface area contributed by atoms with Crippen molar-refractivity contribution in [3.05, 3.63) is 0 Å². The zero-order valence-corrected chi connectivity index (χ0v) is 11.7. The molecule has 0 amide bonds. The van der Waals surface area contributed by atoms with E-state index in [1.807, 2.05) is 0 Å². The van der Waals surface area contributed by atoms with Gasteiger partial charge in [-0.15, -0.1) is 0 Å². The number of hydrogen-bond donors (Lipinski definition) is 1. The summed E-state index contributed by atoms with van der Waals surface area (Å²) < 4.78 is 5.68. The van der Waals surface area contributed by atoms with E-state index in [1.165, 1.54) is 44.9 Å². The maximum Gasteiger partial charge on any atom is 0.0829 e. The highest BCUT2D eigenvalue weighted by Gasteiger charge is 2.53. The Morgan fingerprint density at radius 2 is 1.67 bits per heavy atom. The summed E-state index contributed by atoms with van der Waals surface area (Å²) in [4.78, 5) is 0. The van der Waals surface area contributed by atoms with Crippen LogP contribution in [0.3, 0.4) is 0 Å². The minimum absolute atomic E-state index is 0.206. The van der Waals surface area contributed by atoms with Crippen LogP contribution in [0.4, 0.5) is 0 Å². The van der Waals surface area contributed by atoms with Crippen molar-refractivity contribution in [1.29, 1.82) is 0 Å². The van der Waals surface area contributed by atoms with Gasteiger partial charge in [0.2, 0.25) is 0 Å². The van der Waals surface area contributed by atoms with E-state index in [4.69, 9.17) is 4.74 Å². The fourth-order valence-corrected chi connectivity index (χ4v) is 5.20. The van der Waals surface area contributed by atoms with Crippen LogP contribution in [0.25, 0.3) is 0 Å². The quantitative estimate of drug-likeness (QED) is 0.734. The predicted molar refractivity (Wildman–Crippen MR) is 72.3 cm³/mol. The molecule has 4 rings (SSSR count). The summed E-state index contributed by atoms with van der Waals surface area (Å²) in [5, 5.41) is 10.6. The van der Waals surface area contributed by atoms with Crippen molar-refractivity contribution in [3.8, 4) is 0 Å². The number of hydrogen-bond acceptors (Lipinski definition) is 2. The molecule has 4 saturated carbocycles. The summed E-state index contributed by atoms with van der Waals surface area (Å²) >= 11 is 0. The Bertz CT molecular complexity index is 252. The van der Waals surface area contributed by atoms with E-state index >= 15 is 0 Å². The average Bonchev–Trinajstić information content (AvgIpc) is 2.32. The Hall–Kier alpha value is -0.0800. The lowest BCUT2D eigenvalue weighted by atomic mass is 9.48. The first-order valence-corrected chi connectivity index (χ1v) is 7.97. The van der Waals surface area contributed by atoms with E-state index in [9.17, 15) is 5.11 Å². The molecule has 0 aliphatic heterocycles. The van der Waals surface area contributed by atoms with Crippen molar-refractivity contribution in [2.45, 2.75) is 64.4 Å². The Balaban J connectivity index is 1.57. The number of aliphatic hydroxyl groups excluding tert-OH is 1. The zero-order valence-electron chi connectivity index (χ0n) is 11.7. The maximum absolute atomic E-state index is 10.6. The molecule has 4 aliphatic carbocycles. The molecular weight excluding hydrogens is 224 g/mol. The molecule has 18 heavy (non-hydrogen) atoms. The van der Waals surface area contributed by atoms with Crippen LogP contribution in [0.15, 0.2) is 0 Å². The van der Waals surface area contributed by atoms with E-state index in [-0.39, 0.29) is 11.5 Å². The smallest absolute Gasteiger partial charge is 0.0829 e. The van der Waals surface area contributed by atoms with Gasteiger partial charge in [0.05, 0.1) is 12.7 Å². The van der Waals surface area contributed by atoms with Gasteiger partial charge in [0.25, 0.3) is 0 Å². The molecule has 4 aliphatic rings. The number of rotatable bonds is 6. The third kappa shape index (κ3) is 2.34. The van der Waals surface area contributed by atoms with Crippen LogP contribution in [0.2, 0.25) is 0 Å². The van der Waals surface area contributed by atoms with E-state index < -0.39 is 0 Å². The number of unbranched alkanes of at least 4 members (excludes halogenated alkanes) is 1. The van der Waals surface area contributed by atoms with E-state index in [2.05, 4.69) is 6.92 Å². The number of aliphatic hydroxyl groups is 1. The standard InChI is InChI=1S/C16H28O2/c1-2-3-4-18-11-15(17)16-8-12-5-13(9-16)7-14(6-12)10-16/h12-15,17H,2-11H2,1H3. The third-order valence-electron chi connectivity index (χ3n) is 5.71. The predicted octanol–water partition coefficient (Wildman–Crippen LogP) is 3.38. The van der Waals surface area contributed by atoms with Gasteiger partial charge in [0, 0.05) is 6.61 Å². The fourth-order valence-electron chi connectivity index (χ4n) is 5.20. The van der Waals surface area contributed by atoms with Gasteiger partial charge in [-0.05, 0) is 68.1 Å². The van der Waals surface area contributed by atoms with Crippen LogP contribution in [0.1, 0.15) is 58.3 Å². The van der Waals surface area contributed by atoms with Gasteiger partial charge in [0.15, 0.2) is 0 Å². The summed E-state index contributed by atoms with van der Waals surface area (Å²) in [7, 11) is 0. The van der Waals surface area contributed by atoms with Crippen molar-refractivity contribution in [2.75, 3.05) is 13.2 Å². The van der Waals surface area contributed by atoms with Gasteiger partial charge in [-0.1, -0.05) is 13.3 Å². The normalized spacial score (nSPS) is 43.3. The van der Waals surface area contributed by atoms with Crippen LogP contribution in [0.5, 0.6) is 0 Å². The van der Waals surface area contributed by atoms with Crippen molar-refractivity contribution in [2.24, 2.45) is 23.2 Å². The molecule has 0 aromatic rings. The van der Waals surface area contributed by atoms with Gasteiger partial charge < -0.3 is 9.84 Å². The van der Waals surface area contributed by atoms with E-state index in [1.54, 1.807) is 0 Å². The Labute approximate surface area is 111 Å². The minimum atomic E-state index is -0.206. The van der Waals surface area contributed by atoms with Crippen LogP contribution in [-0.4, -0.2) is 24.4 Å². The maximum atomic E-state index is 10.6. The molecular formula is C16H28O2. The molecule has 0 aromatic heterocycles. The summed E-state index contributed by atoms with van der Waals surface area (Å²) in [5.74, 6) is 2.75. The summed E-state index contributed by atoms with van der Waals surface area (Å²) in [5.41, 5.74) is 0.237. The molecule has 4 fully saturated rings. The van der Waals surface area contributed by atoms with Crippen LogP contribution in [0, 0.1) is 23.2 Å². The van der Waals surface area contributed by atoms with Crippen LogP contribution in [-0.2, 0) is 4.74 Å². The molecule has 0 aromatic carbocycles. The summed E-state index contributed by atoms with van der Waals surface area (Å²) in [6.45, 7) is 3.57. The Morgan fingerprint density at radius 1 is 1.11 bits per heavy atom. The highest BCUT2D eigenvalue weighted by atomic mass is 16.5. The molecule has 2 nitrogen and oxygen atoms in total. The number of ether oxygens (including phenoxy) is 1. The molecule has 2 heteroatoms. The second-order valence-corrected chi connectivity index (χ2v) is 7.22. The lowest BCUT2D eigenvalue weighted by molar-refractivity contribution is -0.139. The second kappa shape index (κ2) is 5.13. The van der Waals surface area contributed by atoms with Crippen molar-refractivity contribution < 1.29 is 9.84 Å². The van der Waals surface area contributed by atoms with Gasteiger partial charge in [-0.2, -0.15) is 0 Å². The zero-order chi connectivity index (χ0) is 12.6. The SMILES string of the molecule is CCCCOCC(O)C12CC3CC(CC(C3)C1)C2. The summed E-state index contributed by atoms with van der Waals surface area (Å²) in [6, 6.07) is 0. The van der Waals surface area contributed by atoms with E-state index in [0.717, 1.165) is 30.8 Å². The van der Waals surface area contributed by atoms with Crippen molar-refractivity contribution in [3.63, 3.8) is 0 Å². The van der Waals surface area contributed by atoms with Gasteiger partial charge in [-0.3, -0.25) is 0 Å². The monoisotopic (exact) mass is 252 g/mol. The Kier molecular flexibility index (Phi) is 3.68. The van der Waals surface area contributed by atoms with Crippen molar-refractivity contribution >= 4 is 0 Å². The molecule has 104 valence electrons. The first-order chi connectivity index (χ1) is 8.72. The average molecular weight is 252 g/mol. The van der Waals surface area contributed by atoms with Crippen LogP contribution < -0.4 is 0 Å². The molecule has 0 saturated heterocycles. The first-order valence-electron chi connectivity index (χ1n) is 7.97. The van der Waals surface area contributed by atoms with Crippen molar-refractivity contribution in [1.82, 2.24) is 0 Å². The van der Waals surface area contributed by atoms with E-state index in [0.29, 0.717) is 6.61 Å².